The summed E-state index contributed by atoms with van der Waals surface area (Å²) in [5.41, 5.74) is 6.86. The van der Waals surface area contributed by atoms with Crippen LogP contribution in [0.3, 0.4) is 0 Å². The largest absolute Gasteiger partial charge is 0.478 e. The highest BCUT2D eigenvalue weighted by Crippen LogP contribution is 2.50. The molecule has 210 valence electrons. The van der Waals surface area contributed by atoms with Crippen molar-refractivity contribution in [3.63, 3.8) is 0 Å². The molecule has 4 rings (SSSR count). The zero-order valence-electron chi connectivity index (χ0n) is 24.3. The maximum atomic E-state index is 14.5. The summed E-state index contributed by atoms with van der Waals surface area (Å²) in [6.45, 7) is 15.2. The number of carbonyl (C=O) groups is 2. The fourth-order valence-electron chi connectivity index (χ4n) is 6.58. The van der Waals surface area contributed by atoms with Gasteiger partial charge in [0.2, 0.25) is 0 Å². The summed E-state index contributed by atoms with van der Waals surface area (Å²) in [4.78, 5) is 35.5. The average molecular weight is 525 g/mol. The number of carboxylic acid groups (broad SMARTS) is 1. The summed E-state index contributed by atoms with van der Waals surface area (Å²) in [6.07, 6.45) is 8.28. The van der Waals surface area contributed by atoms with Gasteiger partial charge in [0.1, 0.15) is 11.3 Å². The van der Waals surface area contributed by atoms with Crippen LogP contribution < -0.4 is 5.73 Å². The van der Waals surface area contributed by atoms with Crippen LogP contribution >= 0.6 is 0 Å². The highest BCUT2D eigenvalue weighted by atomic mass is 16.4. The predicted octanol–water partition coefficient (Wildman–Crippen LogP) is 5.98. The molecule has 1 saturated carbocycles. The molecule has 1 saturated heterocycles. The van der Waals surface area contributed by atoms with Crippen LogP contribution in [-0.4, -0.2) is 51.4 Å². The van der Waals surface area contributed by atoms with Crippen molar-refractivity contribution in [2.75, 3.05) is 13.1 Å². The molecule has 38 heavy (non-hydrogen) atoms. The third kappa shape index (κ3) is 5.63. The molecule has 2 fully saturated rings. The minimum atomic E-state index is -1.10. The minimum Gasteiger partial charge on any atom is -0.478 e. The number of amidine groups is 1. The minimum absolute atomic E-state index is 0.0159. The van der Waals surface area contributed by atoms with Gasteiger partial charge in [-0.2, -0.15) is 0 Å². The lowest BCUT2D eigenvalue weighted by Gasteiger charge is -2.51. The fraction of sp³-hybridized carbons (Fsp3) is 0.710. The van der Waals surface area contributed by atoms with Crippen molar-refractivity contribution in [1.82, 2.24) is 9.80 Å². The van der Waals surface area contributed by atoms with Gasteiger partial charge in [-0.25, -0.2) is 9.79 Å². The lowest BCUT2D eigenvalue weighted by Crippen LogP contribution is -2.64. The van der Waals surface area contributed by atoms with Gasteiger partial charge in [-0.15, -0.1) is 0 Å². The zero-order chi connectivity index (χ0) is 27.9. The third-order valence-electron chi connectivity index (χ3n) is 9.08. The fourth-order valence-corrected chi connectivity index (χ4v) is 6.58. The third-order valence-corrected chi connectivity index (χ3v) is 9.08. The van der Waals surface area contributed by atoms with Crippen LogP contribution in [0.2, 0.25) is 0 Å². The summed E-state index contributed by atoms with van der Waals surface area (Å²) in [7, 11) is 0. The van der Waals surface area contributed by atoms with E-state index in [2.05, 4.69) is 46.4 Å². The number of nitrogens with two attached hydrogens (primary N) is 1. The lowest BCUT2D eigenvalue weighted by molar-refractivity contribution is -0.142. The van der Waals surface area contributed by atoms with Crippen molar-refractivity contribution in [1.29, 1.82) is 0 Å². The van der Waals surface area contributed by atoms with E-state index in [-0.39, 0.29) is 22.3 Å². The van der Waals surface area contributed by atoms with E-state index in [0.29, 0.717) is 18.2 Å². The zero-order valence-corrected chi connectivity index (χ0v) is 24.3. The Labute approximate surface area is 228 Å². The molecule has 0 aromatic heterocycles. The molecular formula is C31H48N4O3. The number of benzene rings is 1. The topological polar surface area (TPSA) is 99.2 Å². The van der Waals surface area contributed by atoms with Crippen LogP contribution in [0, 0.1) is 16.7 Å². The maximum absolute atomic E-state index is 14.5. The summed E-state index contributed by atoms with van der Waals surface area (Å²) in [6, 6.07) is 6.80. The van der Waals surface area contributed by atoms with E-state index in [1.54, 1.807) is 24.3 Å². The second kappa shape index (κ2) is 10.3. The normalized spacial score (nSPS) is 26.4. The molecule has 2 aliphatic heterocycles. The standard InChI is InChI=1S/C31H48N4O3/c1-28(2,3)18-19-31(32,24-12-10-22(11-13-24)27(37)38)35-26(36)25(34-20-8-7-9-21-34)33-30(35)16-14-23(15-17-30)29(4,5)6/h10-13,23H,7-9,14-21,32H2,1-6H3,(H,37,38)/t23?,30?,31-/m1/s1. The first kappa shape index (κ1) is 28.6. The van der Waals surface area contributed by atoms with E-state index < -0.39 is 17.3 Å². The average Bonchev–Trinajstić information content (AvgIpc) is 3.14. The van der Waals surface area contributed by atoms with Crippen molar-refractivity contribution in [2.24, 2.45) is 27.5 Å². The van der Waals surface area contributed by atoms with Crippen LogP contribution in [0.1, 0.15) is 115 Å². The molecule has 0 unspecified atom stereocenters. The molecule has 7 heteroatoms. The Morgan fingerprint density at radius 3 is 2.08 bits per heavy atom. The van der Waals surface area contributed by atoms with Gasteiger partial charge in [0.25, 0.3) is 5.91 Å². The Kier molecular flexibility index (Phi) is 7.74. The van der Waals surface area contributed by atoms with Crippen molar-refractivity contribution in [2.45, 2.75) is 111 Å². The van der Waals surface area contributed by atoms with E-state index in [1.165, 1.54) is 6.42 Å². The van der Waals surface area contributed by atoms with Gasteiger partial charge < -0.3 is 15.7 Å². The number of hydrogen-bond donors (Lipinski definition) is 2. The SMILES string of the molecule is CC(C)(C)CC[C@](N)(c1ccc(C(=O)O)cc1)N1C(=O)C(N2CCCCC2)=NC12CCC(C(C)(C)C)CC2. The Balaban J connectivity index is 1.80. The second-order valence-corrected chi connectivity index (χ2v) is 14.1. The molecule has 2 heterocycles. The summed E-state index contributed by atoms with van der Waals surface area (Å²) in [5, 5.41) is 9.49. The smallest absolute Gasteiger partial charge is 0.335 e. The Morgan fingerprint density at radius 2 is 1.58 bits per heavy atom. The first-order chi connectivity index (χ1) is 17.7. The Hall–Kier alpha value is -2.41. The van der Waals surface area contributed by atoms with Gasteiger partial charge in [0.15, 0.2) is 5.84 Å². The number of hydrogen-bond acceptors (Lipinski definition) is 5. The molecule has 0 radical (unpaired) electrons. The first-order valence-corrected chi connectivity index (χ1v) is 14.5. The molecule has 1 aromatic carbocycles. The lowest BCUT2D eigenvalue weighted by atomic mass is 9.69. The maximum Gasteiger partial charge on any atom is 0.335 e. The number of likely N-dealkylation sites (tertiary alicyclic amines) is 1. The summed E-state index contributed by atoms with van der Waals surface area (Å²) < 4.78 is 0. The van der Waals surface area contributed by atoms with Gasteiger partial charge in [-0.1, -0.05) is 53.7 Å². The molecule has 3 aliphatic rings. The number of aliphatic imine (C=N–C) groups is 1. The highest BCUT2D eigenvalue weighted by molar-refractivity contribution is 6.39. The molecule has 1 spiro atoms. The molecule has 7 nitrogen and oxygen atoms in total. The molecule has 3 N–H and O–H groups in total. The number of amides is 1. The van der Waals surface area contributed by atoms with E-state index in [4.69, 9.17) is 10.7 Å². The van der Waals surface area contributed by atoms with Gasteiger partial charge in [-0.05, 0) is 92.2 Å². The summed E-state index contributed by atoms with van der Waals surface area (Å²) in [5.74, 6) is 0.0983. The van der Waals surface area contributed by atoms with E-state index >= 15 is 0 Å². The first-order valence-electron chi connectivity index (χ1n) is 14.5. The number of nitrogens with zero attached hydrogens (tertiary/aromatic N) is 3. The van der Waals surface area contributed by atoms with Crippen molar-refractivity contribution < 1.29 is 14.7 Å². The Bertz CT molecular complexity index is 1050. The molecular weight excluding hydrogens is 476 g/mol. The van der Waals surface area contributed by atoms with Crippen LogP contribution in [0.5, 0.6) is 0 Å². The van der Waals surface area contributed by atoms with Crippen molar-refractivity contribution in [3.05, 3.63) is 35.4 Å². The second-order valence-electron chi connectivity index (χ2n) is 14.1. The quantitative estimate of drug-likeness (QED) is 0.493. The highest BCUT2D eigenvalue weighted by Gasteiger charge is 2.57. The number of rotatable bonds is 5. The number of carbonyl (C=O) groups excluding carboxylic acids is 1. The number of carboxylic acids is 1. The molecule has 1 atom stereocenters. The van der Waals surface area contributed by atoms with Crippen LogP contribution in [0.4, 0.5) is 0 Å². The summed E-state index contributed by atoms with van der Waals surface area (Å²) >= 11 is 0. The molecule has 1 aromatic rings. The van der Waals surface area contributed by atoms with E-state index in [9.17, 15) is 14.7 Å². The Morgan fingerprint density at radius 1 is 1.00 bits per heavy atom. The number of aromatic carboxylic acids is 1. The molecule has 0 bridgehead atoms. The molecule has 1 aliphatic carbocycles. The number of piperidine rings is 1. The molecule has 1 amide bonds. The van der Waals surface area contributed by atoms with Gasteiger partial charge in [0.05, 0.1) is 5.56 Å². The van der Waals surface area contributed by atoms with Crippen LogP contribution in [-0.2, 0) is 10.5 Å². The van der Waals surface area contributed by atoms with E-state index in [1.807, 2.05) is 4.90 Å². The van der Waals surface area contributed by atoms with Crippen molar-refractivity contribution >= 4 is 17.7 Å². The van der Waals surface area contributed by atoms with E-state index in [0.717, 1.165) is 63.6 Å². The van der Waals surface area contributed by atoms with Crippen molar-refractivity contribution in [3.8, 4) is 0 Å². The van der Waals surface area contributed by atoms with Crippen LogP contribution in [0.15, 0.2) is 29.3 Å². The monoisotopic (exact) mass is 524 g/mol. The van der Waals surface area contributed by atoms with Gasteiger partial charge in [0, 0.05) is 13.1 Å². The van der Waals surface area contributed by atoms with Crippen LogP contribution in [0.25, 0.3) is 0 Å². The predicted molar refractivity (Wildman–Crippen MR) is 152 cm³/mol. The van der Waals surface area contributed by atoms with Gasteiger partial charge >= 0.3 is 5.97 Å². The van der Waals surface area contributed by atoms with Gasteiger partial charge in [-0.3, -0.25) is 9.69 Å².